The molecule has 208 valence electrons. The highest BCUT2D eigenvalue weighted by Crippen LogP contribution is 2.29. The first-order valence-electron chi connectivity index (χ1n) is 13.4. The van der Waals surface area contributed by atoms with E-state index in [2.05, 4.69) is 31.9 Å². The Morgan fingerprint density at radius 1 is 1.15 bits per heavy atom. The molecule has 1 aliphatic rings. The lowest BCUT2D eigenvalue weighted by molar-refractivity contribution is -0.117. The third kappa shape index (κ3) is 6.33. The topological polar surface area (TPSA) is 130 Å². The van der Waals surface area contributed by atoms with Gasteiger partial charge in [0, 0.05) is 47.2 Å². The van der Waals surface area contributed by atoms with Gasteiger partial charge in [0.2, 0.25) is 0 Å². The van der Waals surface area contributed by atoms with Crippen LogP contribution in [0.3, 0.4) is 0 Å². The van der Waals surface area contributed by atoms with Crippen LogP contribution in [0.2, 0.25) is 0 Å². The van der Waals surface area contributed by atoms with Crippen LogP contribution in [0.15, 0.2) is 54.6 Å². The molecule has 40 heavy (non-hydrogen) atoms. The summed E-state index contributed by atoms with van der Waals surface area (Å²) >= 11 is 0. The second-order valence-electron chi connectivity index (χ2n) is 9.10. The molecule has 0 aliphatic carbocycles. The molecule has 5 rings (SSSR count). The van der Waals surface area contributed by atoms with E-state index in [0.717, 1.165) is 48.0 Å². The molecule has 1 saturated heterocycles. The molecule has 0 radical (unpaired) electrons. The van der Waals surface area contributed by atoms with Crippen molar-refractivity contribution < 1.29 is 14.3 Å². The smallest absolute Gasteiger partial charge is 0.262 e. The number of nitriles is 1. The van der Waals surface area contributed by atoms with Gasteiger partial charge >= 0.3 is 0 Å². The largest absolute Gasteiger partial charge is 0.493 e. The molecule has 10 heteroatoms. The number of pyridine rings is 1. The molecule has 1 aliphatic heterocycles. The number of H-pyrrole nitrogens is 1. The zero-order chi connectivity index (χ0) is 28.5. The Labute approximate surface area is 234 Å². The van der Waals surface area contributed by atoms with Crippen molar-refractivity contribution >= 4 is 23.0 Å². The average molecular weight is 542 g/mol. The number of piperidine rings is 1. The first-order valence-corrected chi connectivity index (χ1v) is 13.4. The van der Waals surface area contributed by atoms with Crippen LogP contribution in [-0.4, -0.2) is 53.0 Å². The number of amides is 1. The van der Waals surface area contributed by atoms with E-state index in [1.807, 2.05) is 42.9 Å². The molecule has 10 nitrogen and oxygen atoms in total. The summed E-state index contributed by atoms with van der Waals surface area (Å²) in [6, 6.07) is 9.81. The lowest BCUT2D eigenvalue weighted by Gasteiger charge is -2.22. The number of methoxy groups -OCH3 is 2. The summed E-state index contributed by atoms with van der Waals surface area (Å²) in [7, 11) is 3.12. The zero-order valence-corrected chi connectivity index (χ0v) is 23.3. The summed E-state index contributed by atoms with van der Waals surface area (Å²) in [5.41, 5.74) is 4.09. The zero-order valence-electron chi connectivity index (χ0n) is 23.3. The van der Waals surface area contributed by atoms with Gasteiger partial charge in [0.25, 0.3) is 5.91 Å². The maximum atomic E-state index is 12.8. The summed E-state index contributed by atoms with van der Waals surface area (Å²) in [6.45, 7) is 6.23. The van der Waals surface area contributed by atoms with Crippen molar-refractivity contribution in [1.29, 1.82) is 5.26 Å². The number of nitrogens with zero attached hydrogens (tertiary/aromatic N) is 4. The molecule has 0 spiro atoms. The fourth-order valence-corrected chi connectivity index (χ4v) is 4.63. The Balaban J connectivity index is 0.00000181. The molecule has 0 unspecified atom stereocenters. The third-order valence-electron chi connectivity index (χ3n) is 6.75. The van der Waals surface area contributed by atoms with Crippen LogP contribution in [0.5, 0.6) is 11.5 Å². The van der Waals surface area contributed by atoms with Crippen LogP contribution in [0.1, 0.15) is 43.9 Å². The van der Waals surface area contributed by atoms with Gasteiger partial charge in [-0.25, -0.2) is 4.98 Å². The second-order valence-corrected chi connectivity index (χ2v) is 9.10. The van der Waals surface area contributed by atoms with Crippen LogP contribution < -0.4 is 20.1 Å². The molecular weight excluding hydrogens is 506 g/mol. The number of aromatic amines is 1. The highest BCUT2D eigenvalue weighted by atomic mass is 16.5. The molecule has 3 aromatic heterocycles. The van der Waals surface area contributed by atoms with Gasteiger partial charge in [0.1, 0.15) is 17.3 Å². The number of rotatable bonds is 8. The van der Waals surface area contributed by atoms with Crippen LogP contribution in [0.25, 0.3) is 28.2 Å². The maximum Gasteiger partial charge on any atom is 0.262 e. The molecule has 4 heterocycles. The minimum Gasteiger partial charge on any atom is -0.493 e. The van der Waals surface area contributed by atoms with Crippen LogP contribution in [0.4, 0.5) is 0 Å². The van der Waals surface area contributed by atoms with Gasteiger partial charge < -0.3 is 25.1 Å². The lowest BCUT2D eigenvalue weighted by Crippen LogP contribution is -2.29. The number of hydrogen-bond acceptors (Lipinski definition) is 7. The summed E-state index contributed by atoms with van der Waals surface area (Å²) in [6.07, 6.45) is 11.1. The average Bonchev–Trinajstić information content (AvgIpc) is 3.67. The van der Waals surface area contributed by atoms with Crippen LogP contribution >= 0.6 is 0 Å². The fourth-order valence-electron chi connectivity index (χ4n) is 4.63. The molecule has 1 fully saturated rings. The maximum absolute atomic E-state index is 12.8. The summed E-state index contributed by atoms with van der Waals surface area (Å²) in [5.74, 6) is 0.703. The van der Waals surface area contributed by atoms with E-state index in [-0.39, 0.29) is 12.1 Å². The van der Waals surface area contributed by atoms with Gasteiger partial charge in [0.05, 0.1) is 26.5 Å². The number of fused-ring (bicyclic) bond motifs is 1. The Morgan fingerprint density at radius 2 is 1.93 bits per heavy atom. The summed E-state index contributed by atoms with van der Waals surface area (Å²) < 4.78 is 12.6. The predicted molar refractivity (Wildman–Crippen MR) is 155 cm³/mol. The van der Waals surface area contributed by atoms with Gasteiger partial charge in [-0.1, -0.05) is 19.9 Å². The minimum absolute atomic E-state index is 0.00416. The number of aromatic nitrogens is 4. The quantitative estimate of drug-likeness (QED) is 0.219. The van der Waals surface area contributed by atoms with Crippen LogP contribution in [0, 0.1) is 11.3 Å². The van der Waals surface area contributed by atoms with Gasteiger partial charge in [-0.2, -0.15) is 10.4 Å². The van der Waals surface area contributed by atoms with Crippen molar-refractivity contribution in [3.63, 3.8) is 0 Å². The van der Waals surface area contributed by atoms with Crippen molar-refractivity contribution in [2.75, 3.05) is 27.3 Å². The van der Waals surface area contributed by atoms with Crippen LogP contribution in [-0.2, 0) is 11.3 Å². The molecular formula is C30H35N7O3. The number of ether oxygens (including phenoxy) is 2. The second kappa shape index (κ2) is 13.4. The van der Waals surface area contributed by atoms with Gasteiger partial charge in [0.15, 0.2) is 11.5 Å². The summed E-state index contributed by atoms with van der Waals surface area (Å²) in [5, 5.41) is 21.3. The van der Waals surface area contributed by atoms with E-state index < -0.39 is 5.91 Å². The first kappa shape index (κ1) is 28.4. The molecule has 3 N–H and O–H groups in total. The van der Waals surface area contributed by atoms with Crippen molar-refractivity contribution in [3.05, 3.63) is 65.8 Å². The van der Waals surface area contributed by atoms with Gasteiger partial charge in [-0.3, -0.25) is 9.48 Å². The summed E-state index contributed by atoms with van der Waals surface area (Å²) in [4.78, 5) is 20.5. The van der Waals surface area contributed by atoms with Crippen molar-refractivity contribution in [3.8, 4) is 28.7 Å². The van der Waals surface area contributed by atoms with E-state index in [1.165, 1.54) is 0 Å². The SMILES string of the molecule is CC.COc1ccc(CNC(=O)/C(C#N)=C/c2c[nH]c3ncc(-c4cnn(C5CCNCC5)c4)cc23)cc1OC. The van der Waals surface area contributed by atoms with E-state index in [4.69, 9.17) is 9.47 Å². The van der Waals surface area contributed by atoms with Crippen molar-refractivity contribution in [1.82, 2.24) is 30.4 Å². The number of benzene rings is 1. The van der Waals surface area contributed by atoms with E-state index in [0.29, 0.717) is 28.8 Å². The molecule has 1 aromatic carbocycles. The minimum atomic E-state index is -0.469. The van der Waals surface area contributed by atoms with Gasteiger partial charge in [-0.05, 0) is 55.8 Å². The predicted octanol–water partition coefficient (Wildman–Crippen LogP) is 4.62. The number of carbonyl (C=O) groups is 1. The Morgan fingerprint density at radius 3 is 2.65 bits per heavy atom. The fraction of sp³-hybridized carbons (Fsp3) is 0.333. The standard InChI is InChI=1S/C28H29N7O3.C2H6/c1-37-25-4-3-18(9-26(25)38-2)13-33-28(36)19(12-29)10-21-15-32-27-24(21)11-20(14-31-27)22-16-34-35(17-22)23-5-7-30-8-6-23;1-2/h3-4,9-11,14-17,23,30H,5-8,13H2,1-2H3,(H,31,32)(H,33,36);1-2H3/b19-10+;. The van der Waals surface area contributed by atoms with E-state index >= 15 is 0 Å². The lowest BCUT2D eigenvalue weighted by atomic mass is 10.1. The third-order valence-corrected chi connectivity index (χ3v) is 6.75. The van der Waals surface area contributed by atoms with Crippen molar-refractivity contribution in [2.45, 2.75) is 39.3 Å². The number of carbonyl (C=O) groups excluding carboxylic acids is 1. The Kier molecular flexibility index (Phi) is 9.54. The first-order chi connectivity index (χ1) is 19.6. The molecule has 4 aromatic rings. The molecule has 0 atom stereocenters. The van der Waals surface area contributed by atoms with Gasteiger partial charge in [-0.15, -0.1) is 0 Å². The Hall–Kier alpha value is -4.62. The van der Waals surface area contributed by atoms with Crippen molar-refractivity contribution in [2.24, 2.45) is 0 Å². The highest BCUT2D eigenvalue weighted by Gasteiger charge is 2.17. The normalized spacial score (nSPS) is 13.7. The molecule has 0 saturated carbocycles. The monoisotopic (exact) mass is 541 g/mol. The number of nitrogens with one attached hydrogen (secondary N) is 3. The van der Waals surface area contributed by atoms with E-state index in [9.17, 15) is 10.1 Å². The Bertz CT molecular complexity index is 1520. The van der Waals surface area contributed by atoms with E-state index in [1.54, 1.807) is 44.8 Å². The number of hydrogen-bond donors (Lipinski definition) is 3. The highest BCUT2D eigenvalue weighted by molar-refractivity contribution is 6.03. The molecule has 0 bridgehead atoms. The molecule has 1 amide bonds.